The summed E-state index contributed by atoms with van der Waals surface area (Å²) in [5.74, 6) is 0.402. The minimum absolute atomic E-state index is 0.0517. The van der Waals surface area contributed by atoms with E-state index in [0.717, 1.165) is 11.9 Å². The zero-order valence-corrected chi connectivity index (χ0v) is 21.4. The molecule has 174 valence electrons. The molecule has 4 rings (SSSR count). The van der Waals surface area contributed by atoms with Gasteiger partial charge in [-0.2, -0.15) is 0 Å². The van der Waals surface area contributed by atoms with E-state index in [9.17, 15) is 4.79 Å². The number of benzene rings is 3. The van der Waals surface area contributed by atoms with Gasteiger partial charge in [0, 0.05) is 5.56 Å². The monoisotopic (exact) mass is 531 g/mol. The third-order valence-electron chi connectivity index (χ3n) is 5.48. The van der Waals surface area contributed by atoms with Crippen LogP contribution < -0.4 is 10.6 Å². The minimum atomic E-state index is -0.492. The number of aromatic nitrogens is 1. The molecule has 34 heavy (non-hydrogen) atoms. The molecular weight excluding hydrogens is 513 g/mol. The summed E-state index contributed by atoms with van der Waals surface area (Å²) in [6, 6.07) is 16.1. The third kappa shape index (κ3) is 5.20. The Bertz CT molecular complexity index is 1400. The number of carbonyl (C=O) groups excluding carboxylic acids is 1. The van der Waals surface area contributed by atoms with Crippen LogP contribution in [0.4, 0.5) is 5.69 Å². The van der Waals surface area contributed by atoms with Crippen LogP contribution in [0.25, 0.3) is 22.6 Å². The van der Waals surface area contributed by atoms with Gasteiger partial charge in [0.25, 0.3) is 5.91 Å². The number of rotatable bonds is 5. The lowest BCUT2D eigenvalue weighted by molar-refractivity contribution is 0.0978. The predicted octanol–water partition coefficient (Wildman–Crippen LogP) is 8.10. The van der Waals surface area contributed by atoms with Gasteiger partial charge >= 0.3 is 0 Å². The van der Waals surface area contributed by atoms with Crippen LogP contribution in [0.15, 0.2) is 59.0 Å². The fraction of sp³-hybridized carbons (Fsp3) is 0.160. The van der Waals surface area contributed by atoms with Gasteiger partial charge in [-0.05, 0) is 72.6 Å². The summed E-state index contributed by atoms with van der Waals surface area (Å²) in [5.41, 5.74) is 4.12. The molecule has 0 radical (unpaired) electrons. The van der Waals surface area contributed by atoms with Crippen molar-refractivity contribution in [2.45, 2.75) is 26.2 Å². The van der Waals surface area contributed by atoms with Gasteiger partial charge in [0.2, 0.25) is 5.89 Å². The molecule has 1 aromatic heterocycles. The van der Waals surface area contributed by atoms with Crippen LogP contribution in [0.3, 0.4) is 0 Å². The van der Waals surface area contributed by atoms with Crippen LogP contribution in [-0.4, -0.2) is 16.0 Å². The third-order valence-corrected chi connectivity index (χ3v) is 6.83. The molecule has 0 aliphatic rings. The van der Waals surface area contributed by atoms with E-state index in [2.05, 4.69) is 41.6 Å². The van der Waals surface area contributed by atoms with Crippen LogP contribution in [0.1, 0.15) is 42.1 Å². The molecule has 1 amide bonds. The molecule has 9 heteroatoms. The van der Waals surface area contributed by atoms with Crippen molar-refractivity contribution in [3.8, 4) is 11.5 Å². The zero-order valence-electron chi connectivity index (χ0n) is 18.3. The Morgan fingerprint density at radius 1 is 1.09 bits per heavy atom. The standard InChI is InChI=1S/C25H20Cl3N3O2S/c1-3-13(2)14-8-10-21-20(11-14)29-24(33-21)15-7-9-17(26)19(12-15)30-25(34)31-23(32)16-5-4-6-18(27)22(16)28/h4-13H,3H2,1-2H3,(H2,30,31,32,34)/t13-/m0/s1. The Kier molecular flexibility index (Phi) is 7.43. The molecule has 0 spiro atoms. The van der Waals surface area contributed by atoms with E-state index in [1.807, 2.05) is 6.07 Å². The minimum Gasteiger partial charge on any atom is -0.436 e. The first-order chi connectivity index (χ1) is 16.3. The van der Waals surface area contributed by atoms with Gasteiger partial charge in [-0.15, -0.1) is 0 Å². The van der Waals surface area contributed by atoms with Gasteiger partial charge in [-0.25, -0.2) is 4.98 Å². The molecule has 1 heterocycles. The Morgan fingerprint density at radius 2 is 1.88 bits per heavy atom. The molecule has 2 N–H and O–H groups in total. The number of halogens is 3. The number of oxazole rings is 1. The maximum atomic E-state index is 12.5. The summed E-state index contributed by atoms with van der Waals surface area (Å²) in [7, 11) is 0. The lowest BCUT2D eigenvalue weighted by Crippen LogP contribution is -2.34. The van der Waals surface area contributed by atoms with Gasteiger partial charge in [0.15, 0.2) is 10.7 Å². The number of nitrogens with zero attached hydrogens (tertiary/aromatic N) is 1. The fourth-order valence-corrected chi connectivity index (χ4v) is 4.12. The van der Waals surface area contributed by atoms with Crippen molar-refractivity contribution >= 4 is 74.8 Å². The summed E-state index contributed by atoms with van der Waals surface area (Å²) in [6.45, 7) is 4.34. The van der Waals surface area contributed by atoms with E-state index in [1.165, 1.54) is 5.56 Å². The molecule has 0 saturated heterocycles. The Labute approximate surface area is 217 Å². The summed E-state index contributed by atoms with van der Waals surface area (Å²) < 4.78 is 5.96. The predicted molar refractivity (Wildman–Crippen MR) is 143 cm³/mol. The van der Waals surface area contributed by atoms with Crippen LogP contribution in [-0.2, 0) is 0 Å². The Hall–Kier alpha value is -2.64. The number of hydrogen-bond donors (Lipinski definition) is 2. The number of fused-ring (bicyclic) bond motifs is 1. The highest BCUT2D eigenvalue weighted by atomic mass is 35.5. The number of amides is 1. The maximum absolute atomic E-state index is 12.5. The number of anilines is 1. The highest BCUT2D eigenvalue weighted by Crippen LogP contribution is 2.32. The normalized spacial score (nSPS) is 11.9. The smallest absolute Gasteiger partial charge is 0.258 e. The van der Waals surface area contributed by atoms with Gasteiger partial charge in [-0.1, -0.05) is 60.8 Å². The summed E-state index contributed by atoms with van der Waals surface area (Å²) in [6.07, 6.45) is 1.04. The first-order valence-electron chi connectivity index (χ1n) is 10.5. The number of hydrogen-bond acceptors (Lipinski definition) is 4. The van der Waals surface area contributed by atoms with Crippen molar-refractivity contribution in [2.24, 2.45) is 0 Å². The molecule has 0 aliphatic carbocycles. The maximum Gasteiger partial charge on any atom is 0.258 e. The lowest BCUT2D eigenvalue weighted by atomic mass is 9.98. The second-order valence-corrected chi connectivity index (χ2v) is 9.36. The molecule has 0 aliphatic heterocycles. The molecular formula is C25H20Cl3N3O2S. The average molecular weight is 533 g/mol. The topological polar surface area (TPSA) is 67.2 Å². The van der Waals surface area contributed by atoms with Gasteiger partial charge in [0.05, 0.1) is 26.3 Å². The van der Waals surface area contributed by atoms with Crippen LogP contribution in [0.2, 0.25) is 15.1 Å². The highest BCUT2D eigenvalue weighted by molar-refractivity contribution is 7.80. The molecule has 1 atom stereocenters. The quantitative estimate of drug-likeness (QED) is 0.254. The largest absolute Gasteiger partial charge is 0.436 e. The summed E-state index contributed by atoms with van der Waals surface area (Å²) in [4.78, 5) is 17.2. The number of carbonyl (C=O) groups is 1. The van der Waals surface area contributed by atoms with E-state index in [-0.39, 0.29) is 20.7 Å². The Balaban J connectivity index is 1.54. The van der Waals surface area contributed by atoms with E-state index in [1.54, 1.807) is 36.4 Å². The van der Waals surface area contributed by atoms with Crippen molar-refractivity contribution in [3.63, 3.8) is 0 Å². The second-order valence-electron chi connectivity index (χ2n) is 7.76. The van der Waals surface area contributed by atoms with E-state index < -0.39 is 5.91 Å². The van der Waals surface area contributed by atoms with Gasteiger partial charge < -0.3 is 9.73 Å². The first-order valence-corrected chi connectivity index (χ1v) is 12.1. The summed E-state index contributed by atoms with van der Waals surface area (Å²) in [5, 5.41) is 6.42. The highest BCUT2D eigenvalue weighted by Gasteiger charge is 2.16. The molecule has 0 bridgehead atoms. The molecule has 0 saturated carbocycles. The number of thiocarbonyl (C=S) groups is 1. The second kappa shape index (κ2) is 10.3. The van der Waals surface area contributed by atoms with Crippen LogP contribution in [0.5, 0.6) is 0 Å². The van der Waals surface area contributed by atoms with E-state index in [0.29, 0.717) is 33.7 Å². The van der Waals surface area contributed by atoms with Crippen LogP contribution >= 0.6 is 47.0 Å². The molecule has 0 unspecified atom stereocenters. The van der Waals surface area contributed by atoms with Crippen molar-refractivity contribution in [1.29, 1.82) is 0 Å². The molecule has 4 aromatic rings. The number of nitrogens with one attached hydrogen (secondary N) is 2. The van der Waals surface area contributed by atoms with Gasteiger partial charge in [0.1, 0.15) is 5.52 Å². The first kappa shape index (κ1) is 24.5. The average Bonchev–Trinajstić information content (AvgIpc) is 3.25. The van der Waals surface area contributed by atoms with E-state index >= 15 is 0 Å². The van der Waals surface area contributed by atoms with E-state index in [4.69, 9.17) is 51.4 Å². The fourth-order valence-electron chi connectivity index (χ4n) is 3.37. The van der Waals surface area contributed by atoms with Crippen LogP contribution in [0, 0.1) is 0 Å². The lowest BCUT2D eigenvalue weighted by Gasteiger charge is -2.12. The van der Waals surface area contributed by atoms with Crippen molar-refractivity contribution in [3.05, 3.63) is 80.8 Å². The Morgan fingerprint density at radius 3 is 2.65 bits per heavy atom. The van der Waals surface area contributed by atoms with Gasteiger partial charge in [-0.3, -0.25) is 10.1 Å². The van der Waals surface area contributed by atoms with Crippen molar-refractivity contribution < 1.29 is 9.21 Å². The molecule has 3 aromatic carbocycles. The summed E-state index contributed by atoms with van der Waals surface area (Å²) >= 11 is 23.8. The SMILES string of the molecule is CC[C@H](C)c1ccc2oc(-c3ccc(Cl)c(NC(=S)NC(=O)c4cccc(Cl)c4Cl)c3)nc2c1. The van der Waals surface area contributed by atoms with Crippen molar-refractivity contribution in [1.82, 2.24) is 10.3 Å². The molecule has 5 nitrogen and oxygen atoms in total. The zero-order chi connectivity index (χ0) is 24.4. The molecule has 0 fully saturated rings. The van der Waals surface area contributed by atoms with Crippen molar-refractivity contribution in [2.75, 3.05) is 5.32 Å².